The number of nitrogens with one attached hydrogen (secondary N) is 1. The van der Waals surface area contributed by atoms with Gasteiger partial charge in [-0.3, -0.25) is 14.4 Å². The average Bonchev–Trinajstić information content (AvgIpc) is 3.52. The van der Waals surface area contributed by atoms with E-state index >= 15 is 0 Å². The minimum absolute atomic E-state index is 0.0115. The van der Waals surface area contributed by atoms with Gasteiger partial charge in [-0.05, 0) is 42.2 Å². The number of benzene rings is 2. The number of tetrazole rings is 1. The molecule has 0 bridgehead atoms. The van der Waals surface area contributed by atoms with Crippen molar-refractivity contribution in [3.63, 3.8) is 0 Å². The number of halogens is 1. The summed E-state index contributed by atoms with van der Waals surface area (Å²) in [6, 6.07) is 15.2. The molecule has 0 unspecified atom stereocenters. The number of hydrogen-bond donors (Lipinski definition) is 1. The molecular formula is C28H29ClN6O6. The summed E-state index contributed by atoms with van der Waals surface area (Å²) in [5, 5.41) is 18.2. The maximum atomic E-state index is 13.3. The van der Waals surface area contributed by atoms with Crippen molar-refractivity contribution < 1.29 is 23.8 Å². The first-order chi connectivity index (χ1) is 19.9. The molecule has 1 N–H and O–H groups in total. The second kappa shape index (κ2) is 13.7. The van der Waals surface area contributed by atoms with E-state index in [4.69, 9.17) is 25.8 Å². The fourth-order valence-corrected chi connectivity index (χ4v) is 4.43. The summed E-state index contributed by atoms with van der Waals surface area (Å²) in [6.45, 7) is 5.36. The van der Waals surface area contributed by atoms with Crippen molar-refractivity contribution in [2.45, 2.75) is 39.7 Å². The fraction of sp³-hybridized carbons (Fsp3) is 0.321. The quantitative estimate of drug-likeness (QED) is 0.193. The van der Waals surface area contributed by atoms with Crippen molar-refractivity contribution in [3.05, 3.63) is 75.0 Å². The monoisotopic (exact) mass is 580 g/mol. The zero-order valence-electron chi connectivity index (χ0n) is 22.8. The van der Waals surface area contributed by atoms with Gasteiger partial charge in [0.2, 0.25) is 11.7 Å². The van der Waals surface area contributed by atoms with Crippen LogP contribution in [0.5, 0.6) is 5.88 Å². The van der Waals surface area contributed by atoms with Gasteiger partial charge in [0.25, 0.3) is 5.56 Å². The zero-order chi connectivity index (χ0) is 29.4. The second-order valence-electron chi connectivity index (χ2n) is 8.76. The Morgan fingerprint density at radius 2 is 1.63 bits per heavy atom. The van der Waals surface area contributed by atoms with E-state index in [9.17, 15) is 14.4 Å². The first-order valence-corrected chi connectivity index (χ1v) is 13.5. The van der Waals surface area contributed by atoms with E-state index in [1.807, 2.05) is 55.5 Å². The summed E-state index contributed by atoms with van der Waals surface area (Å²) < 4.78 is 17.1. The third-order valence-corrected chi connectivity index (χ3v) is 6.35. The number of esters is 2. The van der Waals surface area contributed by atoms with Gasteiger partial charge in [0, 0.05) is 5.56 Å². The molecule has 4 rings (SSSR count). The second-order valence-corrected chi connectivity index (χ2v) is 9.14. The molecule has 2 aromatic carbocycles. The Kier molecular flexibility index (Phi) is 9.80. The van der Waals surface area contributed by atoms with Crippen LogP contribution in [-0.2, 0) is 25.6 Å². The van der Waals surface area contributed by atoms with Gasteiger partial charge in [-0.25, -0.2) is 4.68 Å². The molecule has 12 nitrogen and oxygen atoms in total. The number of carbonyl (C=O) groups is 2. The molecule has 2 aromatic heterocycles. The number of nitrogens with zero attached hydrogens (tertiary/aromatic N) is 5. The molecule has 0 aliphatic heterocycles. The predicted octanol–water partition coefficient (Wildman–Crippen LogP) is 3.79. The first-order valence-electron chi connectivity index (χ1n) is 13.1. The Bertz CT molecular complexity index is 1540. The number of aromatic nitrogens is 6. The number of hydrogen-bond acceptors (Lipinski definition) is 10. The number of rotatable bonds is 12. The standard InChI is InChI=1S/C28H29ClN6O6/c1-4-15-41-25-21(22(27(37)39-5-2)28(38)40-6-3)23(29)26(36)35(32-25)16-17-11-13-18(14-12-17)19-9-7-8-10-20(19)24-30-33-34-31-24/h7-14,22H,4-6,15-16H2,1-3H3,(H,30,31,33,34). The Labute approximate surface area is 240 Å². The zero-order valence-corrected chi connectivity index (χ0v) is 23.6. The third kappa shape index (κ3) is 6.60. The summed E-state index contributed by atoms with van der Waals surface area (Å²) in [6.07, 6.45) is 0.605. The summed E-state index contributed by atoms with van der Waals surface area (Å²) in [4.78, 5) is 38.9. The number of carbonyl (C=O) groups excluding carboxylic acids is 2. The normalized spacial score (nSPS) is 11.0. The number of aromatic amines is 1. The fourth-order valence-electron chi connectivity index (χ4n) is 4.15. The highest BCUT2D eigenvalue weighted by Crippen LogP contribution is 2.33. The van der Waals surface area contributed by atoms with Crippen LogP contribution >= 0.6 is 11.6 Å². The number of ether oxygens (including phenoxy) is 3. The van der Waals surface area contributed by atoms with E-state index in [1.165, 1.54) is 0 Å². The molecule has 0 fully saturated rings. The van der Waals surface area contributed by atoms with Gasteiger partial charge in [0.15, 0.2) is 5.92 Å². The van der Waals surface area contributed by atoms with Gasteiger partial charge >= 0.3 is 11.9 Å². The highest BCUT2D eigenvalue weighted by atomic mass is 35.5. The molecule has 0 saturated heterocycles. The number of H-pyrrole nitrogens is 1. The van der Waals surface area contributed by atoms with E-state index in [0.717, 1.165) is 26.9 Å². The van der Waals surface area contributed by atoms with Crippen LogP contribution in [0.25, 0.3) is 22.5 Å². The van der Waals surface area contributed by atoms with Crippen molar-refractivity contribution >= 4 is 23.5 Å². The Hall–Kier alpha value is -4.58. The van der Waals surface area contributed by atoms with Crippen molar-refractivity contribution in [1.82, 2.24) is 30.4 Å². The van der Waals surface area contributed by atoms with Crippen LogP contribution in [0.3, 0.4) is 0 Å². The van der Waals surface area contributed by atoms with Crippen LogP contribution in [-0.4, -0.2) is 62.2 Å². The van der Waals surface area contributed by atoms with Gasteiger partial charge in [-0.1, -0.05) is 67.1 Å². The van der Waals surface area contributed by atoms with E-state index < -0.39 is 23.4 Å². The van der Waals surface area contributed by atoms with Crippen molar-refractivity contribution in [1.29, 1.82) is 0 Å². The average molecular weight is 581 g/mol. The topological polar surface area (TPSA) is 151 Å². The highest BCUT2D eigenvalue weighted by molar-refractivity contribution is 6.32. The molecule has 0 aliphatic carbocycles. The molecule has 214 valence electrons. The van der Waals surface area contributed by atoms with E-state index in [1.54, 1.807) is 13.8 Å². The summed E-state index contributed by atoms with van der Waals surface area (Å²) >= 11 is 6.52. The van der Waals surface area contributed by atoms with Crippen molar-refractivity contribution in [2.24, 2.45) is 0 Å². The minimum Gasteiger partial charge on any atom is -0.476 e. The molecular weight excluding hydrogens is 552 g/mol. The lowest BCUT2D eigenvalue weighted by Gasteiger charge is -2.19. The smallest absolute Gasteiger partial charge is 0.325 e. The largest absolute Gasteiger partial charge is 0.476 e. The first kappa shape index (κ1) is 29.4. The Morgan fingerprint density at radius 1 is 0.976 bits per heavy atom. The molecule has 0 radical (unpaired) electrons. The summed E-state index contributed by atoms with van der Waals surface area (Å²) in [7, 11) is 0. The Morgan fingerprint density at radius 3 is 2.22 bits per heavy atom. The van der Waals surface area contributed by atoms with Crippen molar-refractivity contribution in [2.75, 3.05) is 19.8 Å². The molecule has 0 aliphatic rings. The van der Waals surface area contributed by atoms with Crippen LogP contribution < -0.4 is 10.3 Å². The molecule has 0 saturated carbocycles. The van der Waals surface area contributed by atoms with E-state index in [-0.39, 0.29) is 42.8 Å². The molecule has 0 amide bonds. The van der Waals surface area contributed by atoms with E-state index in [0.29, 0.717) is 12.2 Å². The summed E-state index contributed by atoms with van der Waals surface area (Å²) in [5.41, 5.74) is 2.49. The van der Waals surface area contributed by atoms with Gasteiger partial charge < -0.3 is 14.2 Å². The van der Waals surface area contributed by atoms with Gasteiger partial charge in [-0.2, -0.15) is 5.21 Å². The van der Waals surface area contributed by atoms with Crippen LogP contribution in [0.4, 0.5) is 0 Å². The van der Waals surface area contributed by atoms with Gasteiger partial charge in [-0.15, -0.1) is 15.3 Å². The maximum Gasteiger partial charge on any atom is 0.325 e. The Balaban J connectivity index is 1.70. The van der Waals surface area contributed by atoms with Crippen LogP contribution in [0, 0.1) is 0 Å². The maximum absolute atomic E-state index is 13.3. The van der Waals surface area contributed by atoms with Crippen LogP contribution in [0.15, 0.2) is 53.3 Å². The molecule has 41 heavy (non-hydrogen) atoms. The lowest BCUT2D eigenvalue weighted by molar-refractivity contribution is -0.157. The third-order valence-electron chi connectivity index (χ3n) is 5.99. The SMILES string of the molecule is CCCOc1nn(Cc2ccc(-c3ccccc3-c3nn[nH]n3)cc2)c(=O)c(Cl)c1C(C(=O)OCC)C(=O)OCC. The lowest BCUT2D eigenvalue weighted by atomic mass is 9.98. The van der Waals surface area contributed by atoms with Crippen LogP contribution in [0.2, 0.25) is 5.02 Å². The van der Waals surface area contributed by atoms with Crippen LogP contribution in [0.1, 0.15) is 44.2 Å². The highest BCUT2D eigenvalue weighted by Gasteiger charge is 2.38. The van der Waals surface area contributed by atoms with Gasteiger partial charge in [0.1, 0.15) is 5.02 Å². The molecule has 4 aromatic rings. The lowest BCUT2D eigenvalue weighted by Crippen LogP contribution is -2.32. The predicted molar refractivity (Wildman–Crippen MR) is 149 cm³/mol. The molecule has 2 heterocycles. The van der Waals surface area contributed by atoms with Crippen molar-refractivity contribution in [3.8, 4) is 28.4 Å². The van der Waals surface area contributed by atoms with E-state index in [2.05, 4.69) is 25.7 Å². The minimum atomic E-state index is -1.62. The molecule has 13 heteroatoms. The summed E-state index contributed by atoms with van der Waals surface area (Å²) in [5.74, 6) is -3.09. The molecule has 0 spiro atoms. The van der Waals surface area contributed by atoms with Gasteiger partial charge in [0.05, 0.1) is 31.9 Å². The molecule has 0 atom stereocenters.